The van der Waals surface area contributed by atoms with Crippen LogP contribution < -0.4 is 14.4 Å². The fourth-order valence-corrected chi connectivity index (χ4v) is 9.64. The number of hydrogen-bond donors (Lipinski definition) is 2. The minimum Gasteiger partial charge on any atom is -0.508 e. The normalized spacial score (nSPS) is 26.2. The van der Waals surface area contributed by atoms with Gasteiger partial charge in [-0.05, 0) is 66.6 Å². The van der Waals surface area contributed by atoms with Gasteiger partial charge < -0.3 is 19.7 Å². The summed E-state index contributed by atoms with van der Waals surface area (Å²) in [5.41, 5.74) is 1.43. The van der Waals surface area contributed by atoms with Crippen molar-refractivity contribution in [2.24, 2.45) is 23.7 Å². The fraction of sp³-hybridized carbons (Fsp3) is 0.286. The van der Waals surface area contributed by atoms with E-state index in [1.54, 1.807) is 48.5 Å². The summed E-state index contributed by atoms with van der Waals surface area (Å²) in [6.07, 6.45) is 2.77. The van der Waals surface area contributed by atoms with Crippen LogP contribution in [0.1, 0.15) is 35.4 Å². The summed E-state index contributed by atoms with van der Waals surface area (Å²) in [5, 5.41) is 20.8. The van der Waals surface area contributed by atoms with Crippen molar-refractivity contribution in [2.45, 2.75) is 30.6 Å². The van der Waals surface area contributed by atoms with Crippen LogP contribution in [0, 0.1) is 23.7 Å². The van der Waals surface area contributed by atoms with Crippen molar-refractivity contribution in [3.63, 3.8) is 0 Å². The average Bonchev–Trinajstić information content (AvgIpc) is 3.54. The molecule has 3 fully saturated rings. The number of rotatable bonds is 8. The van der Waals surface area contributed by atoms with Crippen LogP contribution in [0.25, 0.3) is 0 Å². The number of benzene rings is 4. The molecule has 2 heterocycles. The van der Waals surface area contributed by atoms with Crippen LogP contribution in [-0.4, -0.2) is 59.5 Å². The molecule has 2 saturated heterocycles. The lowest BCUT2D eigenvalue weighted by molar-refractivity contribution is -0.140. The van der Waals surface area contributed by atoms with E-state index in [0.29, 0.717) is 28.3 Å². The van der Waals surface area contributed by atoms with E-state index < -0.39 is 46.8 Å². The number of halogens is 1. The Labute approximate surface area is 311 Å². The molecule has 4 aliphatic rings. The van der Waals surface area contributed by atoms with Crippen LogP contribution in [0.4, 0.5) is 5.69 Å². The Morgan fingerprint density at radius 3 is 2.15 bits per heavy atom. The Kier molecular flexibility index (Phi) is 8.53. The summed E-state index contributed by atoms with van der Waals surface area (Å²) in [5.74, 6) is -4.85. The number of likely N-dealkylation sites (tertiary alicyclic amines) is 1. The summed E-state index contributed by atoms with van der Waals surface area (Å²) in [4.78, 5) is 61.6. The maximum absolute atomic E-state index is 15.5. The molecule has 2 aliphatic heterocycles. The molecule has 4 amide bonds. The first-order valence-corrected chi connectivity index (χ1v) is 17.9. The van der Waals surface area contributed by atoms with Crippen LogP contribution in [-0.2, 0) is 31.0 Å². The van der Waals surface area contributed by atoms with Gasteiger partial charge in [-0.15, -0.1) is 0 Å². The average molecular weight is 733 g/mol. The van der Waals surface area contributed by atoms with Crippen LogP contribution in [0.5, 0.6) is 23.0 Å². The van der Waals surface area contributed by atoms with Gasteiger partial charge in [0.2, 0.25) is 23.6 Å². The second-order valence-corrected chi connectivity index (χ2v) is 14.5. The van der Waals surface area contributed by atoms with Gasteiger partial charge in [-0.2, -0.15) is 0 Å². The smallest absolute Gasteiger partial charge is 0.246 e. The molecule has 2 aliphatic carbocycles. The van der Waals surface area contributed by atoms with Gasteiger partial charge in [-0.1, -0.05) is 71.8 Å². The quantitative estimate of drug-likeness (QED) is 0.162. The molecule has 1 saturated carbocycles. The van der Waals surface area contributed by atoms with Gasteiger partial charge in [0.1, 0.15) is 23.0 Å². The van der Waals surface area contributed by atoms with E-state index >= 15 is 9.59 Å². The molecule has 4 aromatic carbocycles. The number of aromatic hydroxyl groups is 2. The number of hydrogen-bond acceptors (Lipinski definition) is 8. The Balaban J connectivity index is 1.32. The predicted octanol–water partition coefficient (Wildman–Crippen LogP) is 6.17. The van der Waals surface area contributed by atoms with Crippen LogP contribution in [0.2, 0.25) is 5.02 Å². The van der Waals surface area contributed by atoms with Crippen molar-refractivity contribution in [3.05, 3.63) is 124 Å². The highest BCUT2D eigenvalue weighted by atomic mass is 35.5. The molecule has 2 N–H and O–H groups in total. The van der Waals surface area contributed by atoms with Crippen molar-refractivity contribution < 1.29 is 38.9 Å². The maximum Gasteiger partial charge on any atom is 0.246 e. The highest BCUT2D eigenvalue weighted by Gasteiger charge is 2.71. The molecule has 0 bridgehead atoms. The van der Waals surface area contributed by atoms with Crippen molar-refractivity contribution >= 4 is 40.9 Å². The third-order valence-electron chi connectivity index (χ3n) is 11.6. The zero-order valence-electron chi connectivity index (χ0n) is 29.1. The molecule has 6 unspecified atom stereocenters. The standard InChI is InChI=1S/C42H37ClN2O8/c1-52-33-20-28(47)21-34(53-2)36(33)37-29-15-16-30-35(40(50)44(38(30)48)18-17-23-11-13-27(46)14-12-23)31(29)22-32-39(49)45(26-10-6-9-25(43)19-26)41(51)42(32,37)24-7-4-3-5-8-24/h3-15,19-21,30-32,35,37,46-47H,16-18,22H2,1-2H3. The lowest BCUT2D eigenvalue weighted by atomic mass is 9.49. The zero-order valence-corrected chi connectivity index (χ0v) is 29.8. The first-order valence-electron chi connectivity index (χ1n) is 17.6. The highest BCUT2D eigenvalue weighted by Crippen LogP contribution is 2.66. The minimum atomic E-state index is -1.54. The number of phenolic OH excluding ortho intramolecular Hbond substituents is 2. The number of allylic oxidation sites excluding steroid dienone is 2. The van der Waals surface area contributed by atoms with Gasteiger partial charge in [0, 0.05) is 35.2 Å². The third kappa shape index (κ3) is 5.22. The lowest BCUT2D eigenvalue weighted by Gasteiger charge is -2.51. The van der Waals surface area contributed by atoms with Gasteiger partial charge >= 0.3 is 0 Å². The van der Waals surface area contributed by atoms with Gasteiger partial charge in [-0.3, -0.25) is 24.1 Å². The zero-order chi connectivity index (χ0) is 37.2. The SMILES string of the molecule is COc1cc(O)cc(OC)c1C1C2=CCC3C(=O)N(CCc4ccc(O)cc4)C(=O)C3C2CC2C(=O)N(c3cccc(Cl)c3)C(=O)C21c1ccccc1. The Morgan fingerprint density at radius 2 is 1.49 bits per heavy atom. The molecule has 0 radical (unpaired) electrons. The minimum absolute atomic E-state index is 0.118. The topological polar surface area (TPSA) is 134 Å². The van der Waals surface area contributed by atoms with Crippen molar-refractivity contribution in [3.8, 4) is 23.0 Å². The number of amides is 4. The molecule has 4 aromatic rings. The predicted molar refractivity (Wildman–Crippen MR) is 196 cm³/mol. The summed E-state index contributed by atoms with van der Waals surface area (Å²) >= 11 is 6.42. The van der Waals surface area contributed by atoms with E-state index in [9.17, 15) is 19.8 Å². The number of ether oxygens (including phenoxy) is 2. The monoisotopic (exact) mass is 732 g/mol. The third-order valence-corrected chi connectivity index (χ3v) is 11.9. The Morgan fingerprint density at radius 1 is 0.792 bits per heavy atom. The number of imide groups is 2. The first kappa shape index (κ1) is 34.5. The van der Waals surface area contributed by atoms with Gasteiger partial charge in [0.05, 0.1) is 43.1 Å². The first-order chi connectivity index (χ1) is 25.6. The number of fused-ring (bicyclic) bond motifs is 4. The molecule has 53 heavy (non-hydrogen) atoms. The lowest BCUT2D eigenvalue weighted by Crippen LogP contribution is -2.53. The second-order valence-electron chi connectivity index (χ2n) is 14.1. The number of nitrogens with zero attached hydrogens (tertiary/aromatic N) is 2. The second kappa shape index (κ2) is 13.1. The van der Waals surface area contributed by atoms with Crippen molar-refractivity contribution in [2.75, 3.05) is 25.7 Å². The fourth-order valence-electron chi connectivity index (χ4n) is 9.46. The van der Waals surface area contributed by atoms with Crippen molar-refractivity contribution in [1.29, 1.82) is 0 Å². The number of anilines is 1. The summed E-state index contributed by atoms with van der Waals surface area (Å²) in [6, 6.07) is 25.3. The van der Waals surface area contributed by atoms with Gasteiger partial charge in [-0.25, -0.2) is 4.90 Å². The highest BCUT2D eigenvalue weighted by molar-refractivity contribution is 6.32. The summed E-state index contributed by atoms with van der Waals surface area (Å²) in [6.45, 7) is 0.165. The van der Waals surface area contributed by atoms with Gasteiger partial charge in [0.15, 0.2) is 0 Å². The van der Waals surface area contributed by atoms with E-state index in [-0.39, 0.29) is 54.2 Å². The van der Waals surface area contributed by atoms with Gasteiger partial charge in [0.25, 0.3) is 0 Å². The van der Waals surface area contributed by atoms with Crippen LogP contribution >= 0.6 is 11.6 Å². The number of methoxy groups -OCH3 is 2. The van der Waals surface area contributed by atoms with E-state index in [1.165, 1.54) is 36.2 Å². The molecule has 0 spiro atoms. The molecule has 10 nitrogen and oxygen atoms in total. The van der Waals surface area contributed by atoms with Crippen molar-refractivity contribution in [1.82, 2.24) is 4.90 Å². The van der Waals surface area contributed by atoms with E-state index in [2.05, 4.69) is 0 Å². The summed E-state index contributed by atoms with van der Waals surface area (Å²) in [7, 11) is 2.92. The number of carbonyl (C=O) groups excluding carboxylic acids is 4. The Bertz CT molecular complexity index is 2160. The van der Waals surface area contributed by atoms with Crippen LogP contribution in [0.15, 0.2) is 103 Å². The Hall–Kier alpha value is -5.61. The van der Waals surface area contributed by atoms with Crippen LogP contribution in [0.3, 0.4) is 0 Å². The number of carbonyl (C=O) groups is 4. The van der Waals surface area contributed by atoms with E-state index in [1.807, 2.05) is 36.4 Å². The number of phenols is 2. The molecule has 8 rings (SSSR count). The maximum atomic E-state index is 15.5. The molecule has 6 atom stereocenters. The molecule has 11 heteroatoms. The molecular formula is C42H37ClN2O8. The molecule has 270 valence electrons. The molecule has 0 aromatic heterocycles. The van der Waals surface area contributed by atoms with E-state index in [0.717, 1.165) is 11.1 Å². The largest absolute Gasteiger partial charge is 0.508 e. The molecular weight excluding hydrogens is 696 g/mol. The van der Waals surface area contributed by atoms with E-state index in [4.69, 9.17) is 21.1 Å². The summed E-state index contributed by atoms with van der Waals surface area (Å²) < 4.78 is 11.8.